The molecule has 0 atom stereocenters. The Labute approximate surface area is 186 Å². The number of hydrogen-bond donors (Lipinski definition) is 1. The van der Waals surface area contributed by atoms with Gasteiger partial charge in [-0.15, -0.1) is 0 Å². The van der Waals surface area contributed by atoms with Crippen LogP contribution in [-0.2, 0) is 0 Å². The lowest BCUT2D eigenvalue weighted by Gasteiger charge is -2.31. The summed E-state index contributed by atoms with van der Waals surface area (Å²) in [5, 5.41) is 8.01. The van der Waals surface area contributed by atoms with Gasteiger partial charge < -0.3 is 10.2 Å². The summed E-state index contributed by atoms with van der Waals surface area (Å²) in [6.45, 7) is 2.48. The number of rotatable bonds is 3. The Morgan fingerprint density at radius 3 is 2.53 bits per heavy atom. The predicted octanol–water partition coefficient (Wildman–Crippen LogP) is 4.45. The van der Waals surface area contributed by atoms with Crippen LogP contribution in [0.1, 0.15) is 36.0 Å². The first-order valence-electron chi connectivity index (χ1n) is 11.3. The molecule has 2 aliphatic heterocycles. The number of aromatic nitrogens is 4. The molecular formula is C25H24N6O. The van der Waals surface area contributed by atoms with Crippen LogP contribution in [-0.4, -0.2) is 45.0 Å². The number of carbonyl (C=O) groups excluding carboxylic acids is 1. The molecule has 1 N–H and O–H groups in total. The third-order valence-corrected chi connectivity index (χ3v) is 6.35. The maximum absolute atomic E-state index is 12.9. The van der Waals surface area contributed by atoms with Crippen molar-refractivity contribution in [1.29, 1.82) is 0 Å². The van der Waals surface area contributed by atoms with E-state index in [1.165, 1.54) is 6.42 Å². The second-order valence-electron chi connectivity index (χ2n) is 8.40. The zero-order chi connectivity index (χ0) is 21.5. The Hall–Kier alpha value is -3.74. The summed E-state index contributed by atoms with van der Waals surface area (Å²) in [5.74, 6) is 1.69. The molecule has 7 heteroatoms. The number of ketones is 1. The molecule has 0 unspecified atom stereocenters. The number of benzene rings is 1. The van der Waals surface area contributed by atoms with Crippen molar-refractivity contribution < 1.29 is 4.79 Å². The molecule has 32 heavy (non-hydrogen) atoms. The van der Waals surface area contributed by atoms with Crippen LogP contribution in [0.4, 0.5) is 11.6 Å². The molecule has 160 valence electrons. The van der Waals surface area contributed by atoms with E-state index in [9.17, 15) is 4.79 Å². The van der Waals surface area contributed by atoms with Crippen molar-refractivity contribution in [1.82, 2.24) is 19.6 Å². The van der Waals surface area contributed by atoms with E-state index < -0.39 is 0 Å². The highest BCUT2D eigenvalue weighted by Gasteiger charge is 2.29. The van der Waals surface area contributed by atoms with Crippen molar-refractivity contribution in [3.8, 4) is 22.4 Å². The Morgan fingerprint density at radius 2 is 1.75 bits per heavy atom. The molecule has 0 radical (unpaired) electrons. The van der Waals surface area contributed by atoms with Gasteiger partial charge in [0, 0.05) is 48.9 Å². The van der Waals surface area contributed by atoms with E-state index in [-0.39, 0.29) is 5.78 Å². The Balaban J connectivity index is 1.48. The van der Waals surface area contributed by atoms with Crippen molar-refractivity contribution in [3.63, 3.8) is 0 Å². The maximum Gasteiger partial charge on any atom is 0.172 e. The monoisotopic (exact) mass is 424 g/mol. The maximum atomic E-state index is 12.9. The zero-order valence-corrected chi connectivity index (χ0v) is 17.8. The van der Waals surface area contributed by atoms with E-state index in [1.54, 1.807) is 4.52 Å². The first-order valence-corrected chi connectivity index (χ1v) is 11.3. The van der Waals surface area contributed by atoms with E-state index in [4.69, 9.17) is 4.98 Å². The molecule has 2 aliphatic rings. The van der Waals surface area contributed by atoms with Crippen molar-refractivity contribution in [3.05, 3.63) is 60.4 Å². The Bertz CT molecular complexity index is 1290. The van der Waals surface area contributed by atoms with Crippen molar-refractivity contribution in [2.75, 3.05) is 29.9 Å². The number of pyridine rings is 1. The third-order valence-electron chi connectivity index (χ3n) is 6.35. The number of piperidine rings is 1. The number of nitrogens with one attached hydrogen (secondary N) is 1. The van der Waals surface area contributed by atoms with E-state index in [0.29, 0.717) is 18.5 Å². The smallest absolute Gasteiger partial charge is 0.172 e. The van der Waals surface area contributed by atoms with E-state index in [2.05, 4.69) is 38.5 Å². The Morgan fingerprint density at radius 1 is 0.906 bits per heavy atom. The quantitative estimate of drug-likeness (QED) is 0.524. The van der Waals surface area contributed by atoms with E-state index in [1.807, 2.05) is 36.7 Å². The van der Waals surface area contributed by atoms with Gasteiger partial charge in [-0.25, -0.2) is 4.98 Å². The molecular weight excluding hydrogens is 400 g/mol. The van der Waals surface area contributed by atoms with E-state index in [0.717, 1.165) is 65.6 Å². The molecule has 0 saturated carbocycles. The number of fused-ring (bicyclic) bond motifs is 3. The van der Waals surface area contributed by atoms with Crippen LogP contribution in [0, 0.1) is 0 Å². The lowest BCUT2D eigenvalue weighted by molar-refractivity contribution is 0.0983. The van der Waals surface area contributed by atoms with Gasteiger partial charge in [-0.3, -0.25) is 9.78 Å². The minimum atomic E-state index is 0.139. The molecule has 7 nitrogen and oxygen atoms in total. The minimum absolute atomic E-state index is 0.139. The second-order valence-corrected chi connectivity index (χ2v) is 8.40. The van der Waals surface area contributed by atoms with Gasteiger partial charge in [-0.2, -0.15) is 9.61 Å². The summed E-state index contributed by atoms with van der Waals surface area (Å²) in [6.07, 6.45) is 7.66. The molecule has 3 aromatic heterocycles. The first kappa shape index (κ1) is 19.0. The first-order chi connectivity index (χ1) is 15.8. The van der Waals surface area contributed by atoms with Gasteiger partial charge in [0.2, 0.25) is 0 Å². The van der Waals surface area contributed by atoms with Gasteiger partial charge in [0.25, 0.3) is 0 Å². The van der Waals surface area contributed by atoms with Crippen LogP contribution in [0.5, 0.6) is 0 Å². The van der Waals surface area contributed by atoms with Gasteiger partial charge >= 0.3 is 0 Å². The zero-order valence-electron chi connectivity index (χ0n) is 17.8. The summed E-state index contributed by atoms with van der Waals surface area (Å²) in [4.78, 5) is 24.8. The van der Waals surface area contributed by atoms with Gasteiger partial charge in [-0.1, -0.05) is 36.4 Å². The summed E-state index contributed by atoms with van der Waals surface area (Å²) < 4.78 is 1.78. The SMILES string of the molecule is O=C1CCNc2c1c(N1CCCCC1)nc1c(-c3ccc(-c4ccccc4)nc3)cnn21. The molecule has 1 saturated heterocycles. The third kappa shape index (κ3) is 3.12. The average Bonchev–Trinajstić information content (AvgIpc) is 3.29. The highest BCUT2D eigenvalue weighted by Crippen LogP contribution is 2.35. The number of hydrogen-bond acceptors (Lipinski definition) is 6. The lowest BCUT2D eigenvalue weighted by Crippen LogP contribution is -2.34. The molecule has 5 heterocycles. The number of nitrogens with zero attached hydrogens (tertiary/aromatic N) is 5. The van der Waals surface area contributed by atoms with E-state index >= 15 is 0 Å². The molecule has 0 aliphatic carbocycles. The number of anilines is 2. The van der Waals surface area contributed by atoms with Gasteiger partial charge in [0.15, 0.2) is 11.4 Å². The molecule has 0 spiro atoms. The number of Topliss-reactive ketones (excluding diaryl/α,β-unsaturated/α-hetero) is 1. The summed E-state index contributed by atoms with van der Waals surface area (Å²) in [6, 6.07) is 14.2. The lowest BCUT2D eigenvalue weighted by atomic mass is 10.0. The topological polar surface area (TPSA) is 75.4 Å². The molecule has 6 rings (SSSR count). The van der Waals surface area contributed by atoms with Crippen LogP contribution in [0.2, 0.25) is 0 Å². The van der Waals surface area contributed by atoms with Crippen LogP contribution in [0.25, 0.3) is 28.0 Å². The molecule has 0 amide bonds. The summed E-state index contributed by atoms with van der Waals surface area (Å²) in [5.41, 5.74) is 5.31. The summed E-state index contributed by atoms with van der Waals surface area (Å²) >= 11 is 0. The fourth-order valence-electron chi connectivity index (χ4n) is 4.69. The van der Waals surface area contributed by atoms with Crippen LogP contribution in [0.3, 0.4) is 0 Å². The summed E-state index contributed by atoms with van der Waals surface area (Å²) in [7, 11) is 0. The Kier molecular flexibility index (Phi) is 4.60. The second kappa shape index (κ2) is 7.75. The van der Waals surface area contributed by atoms with Crippen molar-refractivity contribution >= 4 is 23.1 Å². The molecule has 0 bridgehead atoms. The standard InChI is InChI=1S/C25H24N6O/c32-21-11-12-26-24-22(21)25(30-13-5-2-6-14-30)29-23-19(16-28-31(23)24)18-9-10-20(27-15-18)17-7-3-1-4-8-17/h1,3-4,7-10,15-16,26H,2,5-6,11-14H2. The highest BCUT2D eigenvalue weighted by atomic mass is 16.1. The van der Waals surface area contributed by atoms with Crippen LogP contribution < -0.4 is 10.2 Å². The molecule has 1 aromatic carbocycles. The fourth-order valence-corrected chi connectivity index (χ4v) is 4.69. The van der Waals surface area contributed by atoms with Gasteiger partial charge in [-0.05, 0) is 25.3 Å². The largest absolute Gasteiger partial charge is 0.369 e. The minimum Gasteiger partial charge on any atom is -0.369 e. The fraction of sp³-hybridized carbons (Fsp3) is 0.280. The number of carbonyl (C=O) groups is 1. The highest BCUT2D eigenvalue weighted by molar-refractivity contribution is 6.07. The molecule has 1 fully saturated rings. The average molecular weight is 425 g/mol. The predicted molar refractivity (Wildman–Crippen MR) is 125 cm³/mol. The van der Waals surface area contributed by atoms with Crippen molar-refractivity contribution in [2.24, 2.45) is 0 Å². The van der Waals surface area contributed by atoms with Gasteiger partial charge in [0.05, 0.1) is 11.9 Å². The van der Waals surface area contributed by atoms with Crippen LogP contribution in [0.15, 0.2) is 54.9 Å². The molecule has 4 aromatic rings. The van der Waals surface area contributed by atoms with Gasteiger partial charge in [0.1, 0.15) is 17.2 Å². The van der Waals surface area contributed by atoms with Crippen molar-refractivity contribution in [2.45, 2.75) is 25.7 Å². The normalized spacial score (nSPS) is 16.1. The van der Waals surface area contributed by atoms with Crippen LogP contribution >= 0.6 is 0 Å².